The number of phenols is 1. The molecule has 0 fully saturated rings. The van der Waals surface area contributed by atoms with E-state index >= 15 is 0 Å². The van der Waals surface area contributed by atoms with Crippen LogP contribution in [0.25, 0.3) is 0 Å². The van der Waals surface area contributed by atoms with E-state index in [1.807, 2.05) is 13.8 Å². The largest absolute Gasteiger partial charge is 0.507 e. The molecular weight excluding hydrogens is 300 g/mol. The Hall–Kier alpha value is -2.19. The summed E-state index contributed by atoms with van der Waals surface area (Å²) < 4.78 is 0. The summed E-state index contributed by atoms with van der Waals surface area (Å²) in [6.07, 6.45) is 2.34. The van der Waals surface area contributed by atoms with E-state index < -0.39 is 10.0 Å². The fourth-order valence-electron chi connectivity index (χ4n) is 2.95. The zero-order valence-electron chi connectivity index (χ0n) is 13.8. The molecule has 0 heterocycles. The van der Waals surface area contributed by atoms with Gasteiger partial charge >= 0.3 is 0 Å². The van der Waals surface area contributed by atoms with E-state index in [4.69, 9.17) is 0 Å². The molecule has 3 aromatic rings. The molecule has 3 rings (SSSR count). The number of hydrogen-bond acceptors (Lipinski definition) is 1. The maximum Gasteiger partial charge on any atom is 0.121 e. The monoisotopic (exact) mass is 322 g/mol. The lowest BCUT2D eigenvalue weighted by atomic mass is 10.1. The molecule has 0 aromatic heterocycles. The van der Waals surface area contributed by atoms with E-state index in [1.54, 1.807) is 0 Å². The first-order valence-corrected chi connectivity index (χ1v) is 9.76. The van der Waals surface area contributed by atoms with E-state index in [9.17, 15) is 5.11 Å². The SMILES string of the molecule is Cc1cc(S(C)(c2ccccc2)c2ccccc2)cc(C)c1O. The molecule has 0 saturated heterocycles. The van der Waals surface area contributed by atoms with E-state index in [1.165, 1.54) is 14.7 Å². The van der Waals surface area contributed by atoms with Gasteiger partial charge in [0.1, 0.15) is 5.75 Å². The first-order chi connectivity index (χ1) is 11.0. The van der Waals surface area contributed by atoms with Crippen LogP contribution in [-0.2, 0) is 0 Å². The van der Waals surface area contributed by atoms with Crippen molar-refractivity contribution in [3.63, 3.8) is 0 Å². The smallest absolute Gasteiger partial charge is 0.121 e. The zero-order valence-corrected chi connectivity index (χ0v) is 14.6. The molecular formula is C21H22OS. The van der Waals surface area contributed by atoms with Crippen LogP contribution >= 0.6 is 10.0 Å². The second kappa shape index (κ2) is 6.13. The Morgan fingerprint density at radius 3 is 1.43 bits per heavy atom. The Kier molecular flexibility index (Phi) is 4.18. The summed E-state index contributed by atoms with van der Waals surface area (Å²) in [5.74, 6) is 0.400. The van der Waals surface area contributed by atoms with E-state index in [0.717, 1.165) is 11.1 Å². The van der Waals surface area contributed by atoms with E-state index in [0.29, 0.717) is 5.75 Å². The minimum absolute atomic E-state index is 0.400. The number of phenolic OH excluding ortho intramolecular Hbond substituents is 1. The highest BCUT2D eigenvalue weighted by molar-refractivity contribution is 8.33. The predicted molar refractivity (Wildman–Crippen MR) is 98.8 cm³/mol. The van der Waals surface area contributed by atoms with Gasteiger partial charge in [-0.15, -0.1) is 0 Å². The molecule has 0 unspecified atom stereocenters. The average molecular weight is 322 g/mol. The molecule has 0 bridgehead atoms. The van der Waals surface area contributed by atoms with E-state index in [-0.39, 0.29) is 0 Å². The highest BCUT2D eigenvalue weighted by Crippen LogP contribution is 2.66. The maximum atomic E-state index is 10.1. The van der Waals surface area contributed by atoms with Crippen LogP contribution in [0.5, 0.6) is 5.75 Å². The molecule has 0 atom stereocenters. The summed E-state index contributed by atoms with van der Waals surface area (Å²) in [4.78, 5) is 3.94. The molecule has 0 radical (unpaired) electrons. The lowest BCUT2D eigenvalue weighted by molar-refractivity contribution is 0.466. The summed E-state index contributed by atoms with van der Waals surface area (Å²) in [6.45, 7) is 3.95. The summed E-state index contributed by atoms with van der Waals surface area (Å²) in [5.41, 5.74) is 1.87. The van der Waals surface area contributed by atoms with Crippen molar-refractivity contribution in [2.75, 3.05) is 6.26 Å². The molecule has 23 heavy (non-hydrogen) atoms. The van der Waals surface area contributed by atoms with Crippen molar-refractivity contribution in [3.05, 3.63) is 83.9 Å². The van der Waals surface area contributed by atoms with Crippen LogP contribution in [0.4, 0.5) is 0 Å². The van der Waals surface area contributed by atoms with E-state index in [2.05, 4.69) is 79.1 Å². The van der Waals surface area contributed by atoms with Gasteiger partial charge in [-0.2, -0.15) is 10.0 Å². The molecule has 1 nitrogen and oxygen atoms in total. The Morgan fingerprint density at radius 1 is 0.652 bits per heavy atom. The standard InChI is InChI=1S/C21H22OS/c1-16-14-20(15-17(2)21(16)22)23(3,18-10-6-4-7-11-18)19-12-8-5-9-13-19/h4-15,22H,1-3H3. The van der Waals surface area contributed by atoms with Crippen molar-refractivity contribution in [1.82, 2.24) is 0 Å². The van der Waals surface area contributed by atoms with Crippen molar-refractivity contribution in [2.45, 2.75) is 28.5 Å². The van der Waals surface area contributed by atoms with Crippen LogP contribution in [0.1, 0.15) is 11.1 Å². The van der Waals surface area contributed by atoms with Gasteiger partial charge in [0.05, 0.1) is 0 Å². The molecule has 0 aliphatic carbocycles. The predicted octanol–water partition coefficient (Wildman–Crippen LogP) is 5.92. The van der Waals surface area contributed by atoms with Gasteiger partial charge in [-0.25, -0.2) is 0 Å². The van der Waals surface area contributed by atoms with Gasteiger partial charge < -0.3 is 5.11 Å². The van der Waals surface area contributed by atoms with Gasteiger partial charge in [-0.3, -0.25) is 0 Å². The van der Waals surface area contributed by atoms with Crippen molar-refractivity contribution in [3.8, 4) is 5.75 Å². The van der Waals surface area contributed by atoms with Gasteiger partial charge in [0, 0.05) is 0 Å². The second-order valence-electron chi connectivity index (χ2n) is 5.95. The van der Waals surface area contributed by atoms with Crippen LogP contribution in [-0.4, -0.2) is 11.4 Å². The molecule has 3 aromatic carbocycles. The average Bonchev–Trinajstić information content (AvgIpc) is 2.60. The normalized spacial score (nSPS) is 12.1. The third-order valence-electron chi connectivity index (χ3n) is 4.37. The molecule has 1 N–H and O–H groups in total. The molecule has 118 valence electrons. The molecule has 0 saturated carbocycles. The third kappa shape index (κ3) is 2.75. The van der Waals surface area contributed by atoms with Gasteiger partial charge in [0.2, 0.25) is 0 Å². The molecule has 0 spiro atoms. The van der Waals surface area contributed by atoms with Crippen molar-refractivity contribution in [2.24, 2.45) is 0 Å². The fourth-order valence-corrected chi connectivity index (χ4v) is 5.99. The first-order valence-electron chi connectivity index (χ1n) is 7.72. The molecule has 0 aliphatic heterocycles. The highest BCUT2D eigenvalue weighted by atomic mass is 32.3. The van der Waals surface area contributed by atoms with Crippen LogP contribution in [0.15, 0.2) is 87.5 Å². The molecule has 0 amide bonds. The van der Waals surface area contributed by atoms with Gasteiger partial charge in [0.25, 0.3) is 0 Å². The van der Waals surface area contributed by atoms with Crippen LogP contribution in [0, 0.1) is 13.8 Å². The minimum atomic E-state index is -1.35. The van der Waals surface area contributed by atoms with Crippen molar-refractivity contribution < 1.29 is 5.11 Å². The Bertz CT molecular complexity index is 747. The number of benzene rings is 3. The minimum Gasteiger partial charge on any atom is -0.507 e. The lowest BCUT2D eigenvalue weighted by Crippen LogP contribution is -2.02. The van der Waals surface area contributed by atoms with Crippen LogP contribution in [0.3, 0.4) is 0 Å². The van der Waals surface area contributed by atoms with Crippen molar-refractivity contribution >= 4 is 10.0 Å². The quantitative estimate of drug-likeness (QED) is 0.634. The Balaban J connectivity index is 2.29. The number of aryl methyl sites for hydroxylation is 2. The maximum absolute atomic E-state index is 10.1. The topological polar surface area (TPSA) is 20.2 Å². The molecule has 0 aliphatic rings. The van der Waals surface area contributed by atoms with Gasteiger partial charge in [-0.05, 0) is 82.3 Å². The number of hydrogen-bond donors (Lipinski definition) is 1. The highest BCUT2D eigenvalue weighted by Gasteiger charge is 2.26. The zero-order chi connectivity index (χ0) is 16.4. The lowest BCUT2D eigenvalue weighted by Gasteiger charge is -2.38. The number of rotatable bonds is 3. The Labute approximate surface area is 139 Å². The first kappa shape index (κ1) is 15.7. The van der Waals surface area contributed by atoms with Crippen molar-refractivity contribution in [1.29, 1.82) is 0 Å². The second-order valence-corrected chi connectivity index (χ2v) is 9.20. The van der Waals surface area contributed by atoms with Crippen LogP contribution < -0.4 is 0 Å². The summed E-state index contributed by atoms with van der Waals surface area (Å²) >= 11 is 0. The molecule has 2 heteroatoms. The van der Waals surface area contributed by atoms with Crippen LogP contribution in [0.2, 0.25) is 0 Å². The number of aromatic hydroxyl groups is 1. The third-order valence-corrected chi connectivity index (χ3v) is 7.97. The Morgan fingerprint density at radius 2 is 1.04 bits per heavy atom. The summed E-state index contributed by atoms with van der Waals surface area (Å²) in [6, 6.07) is 25.6. The van der Waals surface area contributed by atoms with Gasteiger partial charge in [0.15, 0.2) is 0 Å². The summed E-state index contributed by atoms with van der Waals surface area (Å²) in [7, 11) is -1.35. The summed E-state index contributed by atoms with van der Waals surface area (Å²) in [5, 5.41) is 10.1. The van der Waals surface area contributed by atoms with Gasteiger partial charge in [-0.1, -0.05) is 36.4 Å². The fraction of sp³-hybridized carbons (Fsp3) is 0.143.